The smallest absolute Gasteiger partial charge is 0.230 e. The molecular formula is C29H31N3O4S. The number of Topliss-reactive ketones (excluding diaryl/α,β-unsaturated/α-hetero) is 1. The predicted octanol–water partition coefficient (Wildman–Crippen LogP) is 4.82. The summed E-state index contributed by atoms with van der Waals surface area (Å²) >= 11 is 1.28. The molecule has 1 heterocycles. The first-order valence-electron chi connectivity index (χ1n) is 12.1. The normalized spacial score (nSPS) is 18.5. The Morgan fingerprint density at radius 3 is 2.54 bits per heavy atom. The van der Waals surface area contributed by atoms with Gasteiger partial charge in [-0.25, -0.2) is 0 Å². The quantitative estimate of drug-likeness (QED) is 0.518. The van der Waals surface area contributed by atoms with E-state index < -0.39 is 5.92 Å². The summed E-state index contributed by atoms with van der Waals surface area (Å²) in [7, 11) is 3.12. The molecule has 2 N–H and O–H groups in total. The van der Waals surface area contributed by atoms with E-state index in [0.29, 0.717) is 47.1 Å². The maximum Gasteiger partial charge on any atom is 0.230 e. The average Bonchev–Trinajstić information content (AvgIpc) is 2.89. The molecule has 1 aliphatic carbocycles. The van der Waals surface area contributed by atoms with Crippen molar-refractivity contribution in [1.29, 1.82) is 5.26 Å². The van der Waals surface area contributed by atoms with E-state index in [-0.39, 0.29) is 22.9 Å². The van der Waals surface area contributed by atoms with Crippen LogP contribution in [0.4, 0.5) is 0 Å². The molecule has 37 heavy (non-hydrogen) atoms. The summed E-state index contributed by atoms with van der Waals surface area (Å²) < 4.78 is 10.9. The van der Waals surface area contributed by atoms with Crippen LogP contribution in [0.25, 0.3) is 0 Å². The van der Waals surface area contributed by atoms with Crippen LogP contribution in [-0.2, 0) is 16.1 Å². The highest BCUT2D eigenvalue weighted by Crippen LogP contribution is 2.48. The lowest BCUT2D eigenvalue weighted by molar-refractivity contribution is -0.119. The van der Waals surface area contributed by atoms with Gasteiger partial charge in [0, 0.05) is 24.2 Å². The van der Waals surface area contributed by atoms with Crippen molar-refractivity contribution in [2.75, 3.05) is 20.0 Å². The molecule has 7 nitrogen and oxygen atoms in total. The Morgan fingerprint density at radius 1 is 1.14 bits per heavy atom. The fraction of sp³-hybridized carbons (Fsp3) is 0.345. The van der Waals surface area contributed by atoms with Crippen molar-refractivity contribution in [2.45, 2.75) is 39.2 Å². The van der Waals surface area contributed by atoms with Gasteiger partial charge in [-0.3, -0.25) is 9.59 Å². The number of nitriles is 1. The van der Waals surface area contributed by atoms with Crippen LogP contribution in [0.5, 0.6) is 11.5 Å². The summed E-state index contributed by atoms with van der Waals surface area (Å²) in [5, 5.41) is 17.2. The zero-order valence-corrected chi connectivity index (χ0v) is 22.3. The Balaban J connectivity index is 1.65. The molecule has 0 fully saturated rings. The lowest BCUT2D eigenvalue weighted by Crippen LogP contribution is -2.37. The molecule has 0 aromatic heterocycles. The number of nitrogens with one attached hydrogen (secondary N) is 2. The lowest BCUT2D eigenvalue weighted by Gasteiger charge is -2.39. The first-order chi connectivity index (χ1) is 17.8. The van der Waals surface area contributed by atoms with E-state index in [1.807, 2.05) is 42.5 Å². The number of carbonyl (C=O) groups excluding carboxylic acids is 2. The van der Waals surface area contributed by atoms with Crippen LogP contribution >= 0.6 is 11.8 Å². The standard InChI is InChI=1S/C29H31N3O4S/c1-29(2)13-21-27(22(33)14-29)26(19-10-11-23(35-3)24(12-19)36-4)20(15-30)28(32-21)37-17-25(34)31-16-18-8-6-5-7-9-18/h5-12,26,32H,13-14,16-17H2,1-4H3,(H,31,34). The van der Waals surface area contributed by atoms with Gasteiger partial charge in [0.2, 0.25) is 5.91 Å². The molecule has 1 aliphatic heterocycles. The number of amides is 1. The Kier molecular flexibility index (Phi) is 7.94. The summed E-state index contributed by atoms with van der Waals surface area (Å²) in [5.41, 5.74) is 3.41. The number of benzene rings is 2. The number of methoxy groups -OCH3 is 2. The van der Waals surface area contributed by atoms with Crippen LogP contribution in [0, 0.1) is 16.7 Å². The van der Waals surface area contributed by atoms with Crippen molar-refractivity contribution >= 4 is 23.5 Å². The second kappa shape index (κ2) is 11.1. The SMILES string of the molecule is COc1ccc(C2C(C#N)=C(SCC(=O)NCc3ccccc3)NC3=C2C(=O)CC(C)(C)C3)cc1OC. The molecule has 1 amide bonds. The Hall–Kier alpha value is -3.70. The second-order valence-electron chi connectivity index (χ2n) is 9.91. The number of carbonyl (C=O) groups is 2. The summed E-state index contributed by atoms with van der Waals surface area (Å²) in [6, 6.07) is 17.5. The van der Waals surface area contributed by atoms with Gasteiger partial charge >= 0.3 is 0 Å². The molecule has 0 spiro atoms. The fourth-order valence-electron chi connectivity index (χ4n) is 4.84. The number of ether oxygens (including phenoxy) is 2. The van der Waals surface area contributed by atoms with Crippen LogP contribution in [0.3, 0.4) is 0 Å². The number of nitrogens with zero attached hydrogens (tertiary/aromatic N) is 1. The summed E-state index contributed by atoms with van der Waals surface area (Å²) in [5.74, 6) is 0.561. The largest absolute Gasteiger partial charge is 0.493 e. The van der Waals surface area contributed by atoms with Crippen LogP contribution in [-0.4, -0.2) is 31.7 Å². The first kappa shape index (κ1) is 26.4. The second-order valence-corrected chi connectivity index (χ2v) is 10.9. The van der Waals surface area contributed by atoms with Gasteiger partial charge in [-0.1, -0.05) is 62.0 Å². The molecule has 192 valence electrons. The van der Waals surface area contributed by atoms with E-state index in [0.717, 1.165) is 16.8 Å². The van der Waals surface area contributed by atoms with Gasteiger partial charge in [0.15, 0.2) is 17.3 Å². The van der Waals surface area contributed by atoms with Crippen molar-refractivity contribution in [3.63, 3.8) is 0 Å². The van der Waals surface area contributed by atoms with E-state index in [2.05, 4.69) is 30.6 Å². The molecule has 2 aromatic rings. The monoisotopic (exact) mass is 517 g/mol. The topological polar surface area (TPSA) is 100 Å². The third-order valence-corrected chi connectivity index (χ3v) is 7.57. The summed E-state index contributed by atoms with van der Waals surface area (Å²) in [6.45, 7) is 4.56. The number of hydrogen-bond donors (Lipinski definition) is 2. The highest BCUT2D eigenvalue weighted by Gasteiger charge is 2.42. The van der Waals surface area contributed by atoms with Crippen LogP contribution in [0.15, 0.2) is 70.4 Å². The number of allylic oxidation sites excluding steroid dienone is 3. The van der Waals surface area contributed by atoms with E-state index >= 15 is 0 Å². The Morgan fingerprint density at radius 2 is 1.86 bits per heavy atom. The van der Waals surface area contributed by atoms with Crippen molar-refractivity contribution in [1.82, 2.24) is 10.6 Å². The molecular weight excluding hydrogens is 486 g/mol. The first-order valence-corrected chi connectivity index (χ1v) is 13.1. The molecule has 2 aromatic carbocycles. The van der Waals surface area contributed by atoms with Crippen molar-refractivity contribution in [3.8, 4) is 17.6 Å². The molecule has 0 bridgehead atoms. The number of thioether (sulfide) groups is 1. The third kappa shape index (κ3) is 5.83. The highest BCUT2D eigenvalue weighted by molar-refractivity contribution is 8.03. The lowest BCUT2D eigenvalue weighted by atomic mass is 9.69. The molecule has 0 saturated carbocycles. The van der Waals surface area contributed by atoms with Crippen molar-refractivity contribution < 1.29 is 19.1 Å². The zero-order chi connectivity index (χ0) is 26.6. The molecule has 2 aliphatic rings. The highest BCUT2D eigenvalue weighted by atomic mass is 32.2. The molecule has 1 atom stereocenters. The van der Waals surface area contributed by atoms with E-state index in [1.165, 1.54) is 11.8 Å². The average molecular weight is 518 g/mol. The van der Waals surface area contributed by atoms with Crippen molar-refractivity contribution in [2.24, 2.45) is 5.41 Å². The number of rotatable bonds is 8. The van der Waals surface area contributed by atoms with Crippen LogP contribution in [0.1, 0.15) is 43.7 Å². The number of hydrogen-bond acceptors (Lipinski definition) is 7. The van der Waals surface area contributed by atoms with E-state index in [4.69, 9.17) is 9.47 Å². The molecule has 0 saturated heterocycles. The third-order valence-electron chi connectivity index (χ3n) is 6.55. The maximum absolute atomic E-state index is 13.4. The minimum absolute atomic E-state index is 0.0240. The molecule has 0 radical (unpaired) electrons. The molecule has 8 heteroatoms. The Labute approximate surface area is 221 Å². The fourth-order valence-corrected chi connectivity index (χ4v) is 5.73. The van der Waals surface area contributed by atoms with Gasteiger partial charge < -0.3 is 20.1 Å². The Bertz CT molecular complexity index is 1310. The number of dihydropyridines is 1. The minimum atomic E-state index is -0.556. The van der Waals surface area contributed by atoms with Crippen molar-refractivity contribution in [3.05, 3.63) is 81.5 Å². The van der Waals surface area contributed by atoms with Gasteiger partial charge in [-0.2, -0.15) is 5.26 Å². The van der Waals surface area contributed by atoms with Crippen LogP contribution < -0.4 is 20.1 Å². The van der Waals surface area contributed by atoms with Gasteiger partial charge in [-0.05, 0) is 35.1 Å². The molecule has 1 unspecified atom stereocenters. The number of ketones is 1. The predicted molar refractivity (Wildman–Crippen MR) is 144 cm³/mol. The van der Waals surface area contributed by atoms with Gasteiger partial charge in [0.05, 0.1) is 42.6 Å². The summed E-state index contributed by atoms with van der Waals surface area (Å²) in [6.07, 6.45) is 1.07. The van der Waals surface area contributed by atoms with Gasteiger partial charge in [0.25, 0.3) is 0 Å². The molecule has 4 rings (SSSR count). The van der Waals surface area contributed by atoms with E-state index in [1.54, 1.807) is 20.3 Å². The van der Waals surface area contributed by atoms with Gasteiger partial charge in [-0.15, -0.1) is 0 Å². The maximum atomic E-state index is 13.4. The zero-order valence-electron chi connectivity index (χ0n) is 21.5. The summed E-state index contributed by atoms with van der Waals surface area (Å²) in [4.78, 5) is 26.0. The van der Waals surface area contributed by atoms with E-state index in [9.17, 15) is 14.9 Å². The minimum Gasteiger partial charge on any atom is -0.493 e. The van der Waals surface area contributed by atoms with Crippen LogP contribution in [0.2, 0.25) is 0 Å². The van der Waals surface area contributed by atoms with Gasteiger partial charge in [0.1, 0.15) is 0 Å².